The lowest BCUT2D eigenvalue weighted by Crippen LogP contribution is -2.27. The molecule has 96 valence electrons. The van der Waals surface area contributed by atoms with Crippen molar-refractivity contribution in [3.05, 3.63) is 23.4 Å². The third-order valence-corrected chi connectivity index (χ3v) is 4.42. The Labute approximate surface area is 108 Å². The molecule has 2 saturated carbocycles. The van der Waals surface area contributed by atoms with Crippen LogP contribution in [0.5, 0.6) is 0 Å². The van der Waals surface area contributed by atoms with Crippen molar-refractivity contribution in [2.75, 3.05) is 5.32 Å². The van der Waals surface area contributed by atoms with Gasteiger partial charge in [-0.25, -0.2) is 4.98 Å². The van der Waals surface area contributed by atoms with Gasteiger partial charge in [-0.05, 0) is 62.6 Å². The van der Waals surface area contributed by atoms with Crippen molar-refractivity contribution in [1.82, 2.24) is 4.98 Å². The second kappa shape index (κ2) is 4.38. The number of aryl methyl sites for hydroxylation is 2. The van der Waals surface area contributed by atoms with Crippen molar-refractivity contribution in [1.29, 1.82) is 0 Å². The topological polar surface area (TPSA) is 42.0 Å². The van der Waals surface area contributed by atoms with Crippen LogP contribution in [0.1, 0.15) is 36.9 Å². The van der Waals surface area contributed by atoms with E-state index >= 15 is 0 Å². The van der Waals surface area contributed by atoms with E-state index in [2.05, 4.69) is 10.3 Å². The number of nitrogens with one attached hydrogen (secondary N) is 1. The number of rotatable bonds is 2. The van der Waals surface area contributed by atoms with Crippen LogP contribution in [0.25, 0.3) is 0 Å². The molecule has 3 atom stereocenters. The fraction of sp³-hybridized carbons (Fsp3) is 0.600. The fourth-order valence-electron chi connectivity index (χ4n) is 3.69. The summed E-state index contributed by atoms with van der Waals surface area (Å²) in [5, 5.41) is 3.00. The smallest absolute Gasteiger partial charge is 0.228 e. The first-order chi connectivity index (χ1) is 8.61. The molecule has 0 aromatic carbocycles. The number of fused-ring (bicyclic) bond motifs is 2. The molecule has 0 radical (unpaired) electrons. The lowest BCUT2D eigenvalue weighted by molar-refractivity contribution is -0.121. The second-order valence-electron chi connectivity index (χ2n) is 5.94. The number of amides is 1. The fourth-order valence-corrected chi connectivity index (χ4v) is 3.69. The summed E-state index contributed by atoms with van der Waals surface area (Å²) in [5.41, 5.74) is 2.10. The van der Waals surface area contributed by atoms with Crippen molar-refractivity contribution < 1.29 is 4.79 Å². The van der Waals surface area contributed by atoms with Crippen molar-refractivity contribution >= 4 is 11.7 Å². The van der Waals surface area contributed by atoms with Crippen LogP contribution < -0.4 is 5.32 Å². The van der Waals surface area contributed by atoms with Gasteiger partial charge in [-0.3, -0.25) is 4.79 Å². The Bertz CT molecular complexity index is 463. The van der Waals surface area contributed by atoms with Gasteiger partial charge in [-0.2, -0.15) is 0 Å². The van der Waals surface area contributed by atoms with Gasteiger partial charge in [-0.15, -0.1) is 0 Å². The third kappa shape index (κ3) is 2.14. The van der Waals surface area contributed by atoms with Gasteiger partial charge < -0.3 is 5.32 Å². The molecule has 1 aromatic rings. The van der Waals surface area contributed by atoms with E-state index in [1.807, 2.05) is 26.0 Å². The Morgan fingerprint density at radius 3 is 2.72 bits per heavy atom. The maximum atomic E-state index is 12.3. The molecule has 1 N–H and O–H groups in total. The number of aromatic nitrogens is 1. The standard InChI is InChI=1S/C15H20N2O/c1-9-5-10(2)16-14(6-9)17-15(18)13-8-11-3-4-12(13)7-11/h5-6,11-13H,3-4,7-8H2,1-2H3,(H,16,17,18)/t11-,12-,13+/m0/s1. The lowest BCUT2D eigenvalue weighted by atomic mass is 9.88. The zero-order chi connectivity index (χ0) is 12.7. The number of hydrogen-bond acceptors (Lipinski definition) is 2. The largest absolute Gasteiger partial charge is 0.310 e. The molecule has 2 aliphatic rings. The third-order valence-electron chi connectivity index (χ3n) is 4.42. The molecule has 3 heteroatoms. The number of nitrogens with zero attached hydrogens (tertiary/aromatic N) is 1. The van der Waals surface area contributed by atoms with Crippen LogP contribution >= 0.6 is 0 Å². The zero-order valence-corrected chi connectivity index (χ0v) is 11.1. The lowest BCUT2D eigenvalue weighted by Gasteiger charge is -2.20. The molecule has 2 bridgehead atoms. The first kappa shape index (κ1) is 11.7. The van der Waals surface area contributed by atoms with Gasteiger partial charge in [-0.1, -0.05) is 6.42 Å². The van der Waals surface area contributed by atoms with Crippen LogP contribution in [0.15, 0.2) is 12.1 Å². The quantitative estimate of drug-likeness (QED) is 0.868. The molecule has 0 unspecified atom stereocenters. The molecule has 1 aromatic heterocycles. The Kier molecular flexibility index (Phi) is 2.84. The minimum atomic E-state index is 0.180. The maximum absolute atomic E-state index is 12.3. The summed E-state index contributed by atoms with van der Waals surface area (Å²) >= 11 is 0. The van der Waals surface area contributed by atoms with Gasteiger partial charge in [0.05, 0.1) is 0 Å². The molecule has 0 aliphatic heterocycles. The highest BCUT2D eigenvalue weighted by atomic mass is 16.2. The molecular formula is C15H20N2O. The summed E-state index contributed by atoms with van der Waals surface area (Å²) in [6.45, 7) is 3.99. The molecule has 1 amide bonds. The Hall–Kier alpha value is -1.38. The first-order valence-corrected chi connectivity index (χ1v) is 6.88. The predicted octanol–water partition coefficient (Wildman–Crippen LogP) is 3.07. The summed E-state index contributed by atoms with van der Waals surface area (Å²) < 4.78 is 0. The van der Waals surface area contributed by atoms with Crippen LogP contribution in [0, 0.1) is 31.6 Å². The van der Waals surface area contributed by atoms with Crippen LogP contribution in [0.3, 0.4) is 0 Å². The van der Waals surface area contributed by atoms with E-state index in [4.69, 9.17) is 0 Å². The van der Waals surface area contributed by atoms with Crippen LogP contribution in [-0.4, -0.2) is 10.9 Å². The SMILES string of the molecule is Cc1cc(C)nc(NC(=O)[C@@H]2C[C@H]3CC[C@H]2C3)c1. The minimum Gasteiger partial charge on any atom is -0.310 e. The molecule has 2 fully saturated rings. The average Bonchev–Trinajstić information content (AvgIpc) is 2.88. The molecule has 3 nitrogen and oxygen atoms in total. The number of hydrogen-bond donors (Lipinski definition) is 1. The monoisotopic (exact) mass is 244 g/mol. The highest BCUT2D eigenvalue weighted by Crippen LogP contribution is 2.48. The summed E-state index contributed by atoms with van der Waals surface area (Å²) in [4.78, 5) is 16.7. The van der Waals surface area contributed by atoms with Crippen molar-refractivity contribution in [3.8, 4) is 0 Å². The minimum absolute atomic E-state index is 0.180. The first-order valence-electron chi connectivity index (χ1n) is 6.88. The predicted molar refractivity (Wildman–Crippen MR) is 71.3 cm³/mol. The van der Waals surface area contributed by atoms with Crippen molar-refractivity contribution in [3.63, 3.8) is 0 Å². The Balaban J connectivity index is 1.70. The molecular weight excluding hydrogens is 224 g/mol. The molecule has 2 aliphatic carbocycles. The summed E-state index contributed by atoms with van der Waals surface area (Å²) in [6, 6.07) is 3.96. The van der Waals surface area contributed by atoms with E-state index in [-0.39, 0.29) is 11.8 Å². The number of carbonyl (C=O) groups is 1. The van der Waals surface area contributed by atoms with E-state index in [0.717, 1.165) is 23.6 Å². The van der Waals surface area contributed by atoms with Gasteiger partial charge in [0, 0.05) is 11.6 Å². The molecule has 3 rings (SSSR count). The summed E-state index contributed by atoms with van der Waals surface area (Å²) in [7, 11) is 0. The summed E-state index contributed by atoms with van der Waals surface area (Å²) in [6.07, 6.45) is 4.92. The van der Waals surface area contributed by atoms with Gasteiger partial charge in [0.1, 0.15) is 5.82 Å². The van der Waals surface area contributed by atoms with Gasteiger partial charge in [0.2, 0.25) is 5.91 Å². The van der Waals surface area contributed by atoms with Crippen LogP contribution in [0.4, 0.5) is 5.82 Å². The summed E-state index contributed by atoms with van der Waals surface area (Å²) in [5.74, 6) is 2.55. The van der Waals surface area contributed by atoms with Crippen molar-refractivity contribution in [2.24, 2.45) is 17.8 Å². The molecule has 0 spiro atoms. The number of carbonyl (C=O) groups excluding carboxylic acids is 1. The molecule has 0 saturated heterocycles. The highest BCUT2D eigenvalue weighted by Gasteiger charge is 2.43. The number of anilines is 1. The van der Waals surface area contributed by atoms with E-state index in [9.17, 15) is 4.79 Å². The Morgan fingerprint density at radius 2 is 2.11 bits per heavy atom. The van der Waals surface area contributed by atoms with Crippen molar-refractivity contribution in [2.45, 2.75) is 39.5 Å². The number of pyridine rings is 1. The average molecular weight is 244 g/mol. The normalized spacial score (nSPS) is 29.6. The zero-order valence-electron chi connectivity index (χ0n) is 11.1. The van der Waals surface area contributed by atoms with E-state index in [0.29, 0.717) is 11.7 Å². The van der Waals surface area contributed by atoms with Crippen LogP contribution in [-0.2, 0) is 4.79 Å². The second-order valence-corrected chi connectivity index (χ2v) is 5.94. The van der Waals surface area contributed by atoms with Crippen LogP contribution in [0.2, 0.25) is 0 Å². The molecule has 18 heavy (non-hydrogen) atoms. The molecule has 1 heterocycles. The Morgan fingerprint density at radius 1 is 1.28 bits per heavy atom. The maximum Gasteiger partial charge on any atom is 0.228 e. The van der Waals surface area contributed by atoms with E-state index in [1.54, 1.807) is 0 Å². The van der Waals surface area contributed by atoms with E-state index in [1.165, 1.54) is 19.3 Å². The van der Waals surface area contributed by atoms with Gasteiger partial charge in [0.25, 0.3) is 0 Å². The highest BCUT2D eigenvalue weighted by molar-refractivity contribution is 5.92. The van der Waals surface area contributed by atoms with Gasteiger partial charge >= 0.3 is 0 Å². The van der Waals surface area contributed by atoms with E-state index < -0.39 is 0 Å². The van der Waals surface area contributed by atoms with Gasteiger partial charge in [0.15, 0.2) is 0 Å².